The summed E-state index contributed by atoms with van der Waals surface area (Å²) < 4.78 is 0. The predicted molar refractivity (Wildman–Crippen MR) is 76.1 cm³/mol. The maximum absolute atomic E-state index is 4.48. The van der Waals surface area contributed by atoms with Gasteiger partial charge in [0.25, 0.3) is 0 Å². The van der Waals surface area contributed by atoms with Crippen LogP contribution in [-0.4, -0.2) is 4.98 Å². The third kappa shape index (κ3) is 4.14. The number of fused-ring (bicyclic) bond motifs is 1. The summed E-state index contributed by atoms with van der Waals surface area (Å²) in [5.74, 6) is 0. The summed E-state index contributed by atoms with van der Waals surface area (Å²) in [4.78, 5) is 4.48. The molecule has 0 spiro atoms. The van der Waals surface area contributed by atoms with Gasteiger partial charge in [0.1, 0.15) is 0 Å². The summed E-state index contributed by atoms with van der Waals surface area (Å²) in [6.45, 7) is 10.1. The summed E-state index contributed by atoms with van der Waals surface area (Å²) in [5, 5.41) is 2.60. The maximum Gasteiger partial charge on any atom is 0.0308 e. The van der Waals surface area contributed by atoms with Crippen molar-refractivity contribution in [3.05, 3.63) is 48.6 Å². The topological polar surface area (TPSA) is 12.9 Å². The van der Waals surface area contributed by atoms with E-state index in [1.54, 1.807) is 0 Å². The van der Waals surface area contributed by atoms with Crippen molar-refractivity contribution in [1.29, 1.82) is 0 Å². The summed E-state index contributed by atoms with van der Waals surface area (Å²) in [6.07, 6.45) is 5.03. The second-order valence-corrected chi connectivity index (χ2v) is 3.78. The molecule has 0 atom stereocenters. The molecular formula is C16H22NY-. The fourth-order valence-electron chi connectivity index (χ4n) is 1.98. The Labute approximate surface area is 136 Å². The maximum atomic E-state index is 4.48. The van der Waals surface area contributed by atoms with Gasteiger partial charge in [-0.3, -0.25) is 4.98 Å². The van der Waals surface area contributed by atoms with Gasteiger partial charge in [-0.05, 0) is 17.4 Å². The Morgan fingerprint density at radius 3 is 2.28 bits per heavy atom. The number of aromatic nitrogens is 1. The largest absolute Gasteiger partial charge is 0.338 e. The van der Waals surface area contributed by atoms with Crippen molar-refractivity contribution in [3.63, 3.8) is 0 Å². The summed E-state index contributed by atoms with van der Waals surface area (Å²) in [7, 11) is 0. The quantitative estimate of drug-likeness (QED) is 0.755. The Hall–Kier alpha value is -0.266. The van der Waals surface area contributed by atoms with E-state index in [9.17, 15) is 0 Å². The smallest absolute Gasteiger partial charge is 0.0308 e. The molecule has 1 aromatic carbocycles. The minimum absolute atomic E-state index is 0. The fourth-order valence-corrected chi connectivity index (χ4v) is 1.98. The van der Waals surface area contributed by atoms with Gasteiger partial charge in [0, 0.05) is 50.0 Å². The molecule has 0 fully saturated rings. The first-order chi connectivity index (χ1) is 8.36. The fraction of sp³-hybridized carbons (Fsp3) is 0.375. The second kappa shape index (κ2) is 9.64. The molecule has 0 saturated carbocycles. The summed E-state index contributed by atoms with van der Waals surface area (Å²) >= 11 is 0. The number of hydrogen-bond acceptors (Lipinski definition) is 1. The molecule has 1 heterocycles. The zero-order chi connectivity index (χ0) is 12.7. The molecule has 0 N–H and O–H groups in total. The Balaban J connectivity index is 0.000000917. The van der Waals surface area contributed by atoms with E-state index in [4.69, 9.17) is 0 Å². The zero-order valence-electron chi connectivity index (χ0n) is 11.7. The van der Waals surface area contributed by atoms with Gasteiger partial charge in [0.15, 0.2) is 0 Å². The third-order valence-corrected chi connectivity index (χ3v) is 2.72. The van der Waals surface area contributed by atoms with Crippen LogP contribution in [0, 0.1) is 6.92 Å². The average Bonchev–Trinajstić information content (AvgIpc) is 2.42. The van der Waals surface area contributed by atoms with Crippen molar-refractivity contribution >= 4 is 10.8 Å². The van der Waals surface area contributed by atoms with Crippen LogP contribution < -0.4 is 0 Å². The molecule has 2 rings (SSSR count). The van der Waals surface area contributed by atoms with Crippen molar-refractivity contribution < 1.29 is 32.7 Å². The first kappa shape index (κ1) is 17.7. The second-order valence-electron chi connectivity index (χ2n) is 3.78. The summed E-state index contributed by atoms with van der Waals surface area (Å²) in [5.41, 5.74) is 2.45. The average molecular weight is 317 g/mol. The minimum Gasteiger partial charge on any atom is -0.338 e. The first-order valence-corrected chi connectivity index (χ1v) is 6.51. The molecule has 0 aliphatic carbocycles. The van der Waals surface area contributed by atoms with Crippen LogP contribution in [0.25, 0.3) is 10.8 Å². The first-order valence-electron chi connectivity index (χ1n) is 6.51. The van der Waals surface area contributed by atoms with E-state index in [-0.39, 0.29) is 32.7 Å². The number of rotatable bonds is 3. The van der Waals surface area contributed by atoms with E-state index < -0.39 is 0 Å². The molecule has 0 amide bonds. The van der Waals surface area contributed by atoms with E-state index in [1.807, 2.05) is 20.0 Å². The van der Waals surface area contributed by atoms with Crippen LogP contribution in [-0.2, 0) is 45.6 Å². The third-order valence-electron chi connectivity index (χ3n) is 2.72. The molecule has 0 aliphatic rings. The minimum atomic E-state index is 0. The molecule has 0 aliphatic heterocycles. The van der Waals surface area contributed by atoms with Crippen molar-refractivity contribution in [2.24, 2.45) is 0 Å². The Kier molecular flexibility index (Phi) is 9.49. The van der Waals surface area contributed by atoms with Crippen molar-refractivity contribution in [1.82, 2.24) is 4.98 Å². The van der Waals surface area contributed by atoms with Crippen LogP contribution >= 0.6 is 0 Å². The van der Waals surface area contributed by atoms with Gasteiger partial charge >= 0.3 is 0 Å². The van der Waals surface area contributed by atoms with Crippen molar-refractivity contribution in [2.75, 3.05) is 0 Å². The predicted octanol–water partition coefficient (Wildman–Crippen LogP) is 4.59. The molecule has 0 bridgehead atoms. The van der Waals surface area contributed by atoms with Gasteiger partial charge in [-0.15, -0.1) is 6.42 Å². The summed E-state index contributed by atoms with van der Waals surface area (Å²) in [6, 6.07) is 8.48. The SMILES string of the molecule is CC.[CH2-]Cc1ncc(CCC)c2ccccc12.[Y]. The Morgan fingerprint density at radius 1 is 1.11 bits per heavy atom. The van der Waals surface area contributed by atoms with Crippen LogP contribution in [0.5, 0.6) is 0 Å². The number of nitrogens with zero attached hydrogens (tertiary/aromatic N) is 1. The van der Waals surface area contributed by atoms with Gasteiger partial charge < -0.3 is 6.92 Å². The van der Waals surface area contributed by atoms with Crippen LogP contribution in [0.1, 0.15) is 38.4 Å². The van der Waals surface area contributed by atoms with E-state index in [2.05, 4.69) is 43.1 Å². The normalized spacial score (nSPS) is 9.33. The van der Waals surface area contributed by atoms with E-state index in [0.717, 1.165) is 25.0 Å². The molecule has 2 heteroatoms. The Bertz CT molecular complexity index is 466. The standard InChI is InChI=1S/C14H16N.C2H6.Y/c1-3-7-11-10-15-14(4-2)13-9-6-5-8-12(11)13;1-2;/h5-6,8-10H,2-4,7H2,1H3;1-2H3;/q-1;;. The van der Waals surface area contributed by atoms with Crippen LogP contribution in [0.3, 0.4) is 0 Å². The molecule has 0 unspecified atom stereocenters. The zero-order valence-corrected chi connectivity index (χ0v) is 14.6. The molecular weight excluding hydrogens is 295 g/mol. The molecule has 0 saturated heterocycles. The van der Waals surface area contributed by atoms with Crippen LogP contribution in [0.2, 0.25) is 0 Å². The molecule has 1 aromatic heterocycles. The van der Waals surface area contributed by atoms with E-state index in [1.165, 1.54) is 16.3 Å². The molecule has 1 nitrogen and oxygen atoms in total. The molecule has 2 aromatic rings. The number of hydrogen-bond donors (Lipinski definition) is 0. The van der Waals surface area contributed by atoms with E-state index >= 15 is 0 Å². The van der Waals surface area contributed by atoms with Gasteiger partial charge in [0.2, 0.25) is 0 Å². The monoisotopic (exact) mass is 317 g/mol. The molecule has 18 heavy (non-hydrogen) atoms. The Morgan fingerprint density at radius 2 is 1.72 bits per heavy atom. The van der Waals surface area contributed by atoms with Crippen molar-refractivity contribution in [2.45, 2.75) is 40.0 Å². The number of benzene rings is 1. The van der Waals surface area contributed by atoms with Crippen molar-refractivity contribution in [3.8, 4) is 0 Å². The van der Waals surface area contributed by atoms with Gasteiger partial charge in [0.05, 0.1) is 0 Å². The molecule has 1 radical (unpaired) electrons. The number of aryl methyl sites for hydroxylation is 1. The van der Waals surface area contributed by atoms with Crippen LogP contribution in [0.4, 0.5) is 0 Å². The van der Waals surface area contributed by atoms with E-state index in [0.29, 0.717) is 0 Å². The van der Waals surface area contributed by atoms with Gasteiger partial charge in [-0.1, -0.05) is 51.5 Å². The number of pyridine rings is 1. The van der Waals surface area contributed by atoms with Gasteiger partial charge in [-0.25, -0.2) is 0 Å². The van der Waals surface area contributed by atoms with Crippen LogP contribution in [0.15, 0.2) is 30.5 Å². The molecule has 95 valence electrons. The van der Waals surface area contributed by atoms with Gasteiger partial charge in [-0.2, -0.15) is 0 Å².